The fraction of sp³-hybridized carbons (Fsp3) is 0.294. The van der Waals surface area contributed by atoms with E-state index in [1.165, 1.54) is 0 Å². The molecule has 1 fully saturated rings. The average Bonchev–Trinajstić information content (AvgIpc) is 3.16. The van der Waals surface area contributed by atoms with Crippen LogP contribution in [0.3, 0.4) is 0 Å². The van der Waals surface area contributed by atoms with E-state index in [0.29, 0.717) is 16.6 Å². The second kappa shape index (κ2) is 6.46. The molecule has 0 bridgehead atoms. The number of carbonyl (C=O) groups excluding carboxylic acids is 1. The molecule has 1 aromatic heterocycles. The molecule has 1 saturated heterocycles. The number of anilines is 2. The molecule has 23 heavy (non-hydrogen) atoms. The van der Waals surface area contributed by atoms with E-state index in [4.69, 9.17) is 16.1 Å². The van der Waals surface area contributed by atoms with Gasteiger partial charge in [-0.15, -0.1) is 0 Å². The quantitative estimate of drug-likeness (QED) is 0.921. The highest BCUT2D eigenvalue weighted by Gasteiger charge is 2.31. The van der Waals surface area contributed by atoms with Gasteiger partial charge in [0.05, 0.1) is 0 Å². The topological polar surface area (TPSA) is 58.4 Å². The largest absolute Gasteiger partial charge is 0.360 e. The summed E-state index contributed by atoms with van der Waals surface area (Å²) in [6.07, 6.45) is 1.77. The van der Waals surface area contributed by atoms with Crippen molar-refractivity contribution >= 4 is 34.6 Å². The lowest BCUT2D eigenvalue weighted by atomic mass is 10.2. The Bertz CT molecular complexity index is 724. The maximum Gasteiger partial charge on any atom is 0.248 e. The van der Waals surface area contributed by atoms with E-state index in [1.54, 1.807) is 6.07 Å². The zero-order valence-corrected chi connectivity index (χ0v) is 13.6. The molecule has 0 saturated carbocycles. The number of rotatable bonds is 4. The van der Waals surface area contributed by atoms with Gasteiger partial charge in [0, 0.05) is 23.3 Å². The first-order valence-corrected chi connectivity index (χ1v) is 7.88. The lowest BCUT2D eigenvalue weighted by molar-refractivity contribution is -0.117. The van der Waals surface area contributed by atoms with Crippen molar-refractivity contribution in [1.29, 1.82) is 0 Å². The van der Waals surface area contributed by atoms with Gasteiger partial charge in [-0.2, -0.15) is 0 Å². The monoisotopic (exact) mass is 331 g/mol. The molecule has 2 heterocycles. The third-order valence-corrected chi connectivity index (χ3v) is 4.15. The molecule has 2 aromatic rings. The molecule has 1 aromatic carbocycles. The van der Waals surface area contributed by atoms with Crippen molar-refractivity contribution in [3.05, 3.63) is 47.7 Å². The molecule has 0 aliphatic carbocycles. The third-order valence-electron chi connectivity index (χ3n) is 3.90. The summed E-state index contributed by atoms with van der Waals surface area (Å²) >= 11 is 5.93. The first-order chi connectivity index (χ1) is 11.0. The van der Waals surface area contributed by atoms with Gasteiger partial charge in [0.25, 0.3) is 0 Å². The number of hydrogen-bond acceptors (Lipinski definition) is 4. The Morgan fingerprint density at radius 2 is 2.17 bits per heavy atom. The van der Waals surface area contributed by atoms with Gasteiger partial charge in [-0.05, 0) is 49.6 Å². The highest BCUT2D eigenvalue weighted by molar-refractivity contribution is 6.30. The Morgan fingerprint density at radius 1 is 1.43 bits per heavy atom. The molecule has 1 amide bonds. The minimum Gasteiger partial charge on any atom is -0.360 e. The van der Waals surface area contributed by atoms with Crippen LogP contribution in [0.25, 0.3) is 5.57 Å². The van der Waals surface area contributed by atoms with Crippen LogP contribution in [0.15, 0.2) is 41.4 Å². The average molecular weight is 332 g/mol. The van der Waals surface area contributed by atoms with Gasteiger partial charge in [0.1, 0.15) is 6.04 Å². The summed E-state index contributed by atoms with van der Waals surface area (Å²) in [5.74, 6) is 0.899. The number of aromatic nitrogens is 1. The van der Waals surface area contributed by atoms with Crippen molar-refractivity contribution in [2.45, 2.75) is 25.8 Å². The van der Waals surface area contributed by atoms with Crippen molar-refractivity contribution < 1.29 is 9.32 Å². The summed E-state index contributed by atoms with van der Waals surface area (Å²) in [6, 6.07) is 9.00. The highest BCUT2D eigenvalue weighted by atomic mass is 35.5. The molecule has 120 valence electrons. The number of halogens is 1. The number of nitrogens with zero attached hydrogens (tertiary/aromatic N) is 2. The predicted octanol–water partition coefficient (Wildman–Crippen LogP) is 3.97. The Hall–Kier alpha value is -2.27. The van der Waals surface area contributed by atoms with Crippen LogP contribution in [0.4, 0.5) is 11.5 Å². The number of allylic oxidation sites excluding steroid dienone is 1. The minimum absolute atomic E-state index is 0.0842. The molecule has 1 atom stereocenters. The van der Waals surface area contributed by atoms with Gasteiger partial charge in [-0.3, -0.25) is 4.79 Å². The van der Waals surface area contributed by atoms with Gasteiger partial charge in [0.15, 0.2) is 11.6 Å². The summed E-state index contributed by atoms with van der Waals surface area (Å²) in [5, 5.41) is 7.36. The standard InChI is InChI=1S/C17H18ClN3O2/c1-11(2)15-10-16(20-23-15)19-17(22)14-4-3-9-21(14)13-7-5-12(18)6-8-13/h5-8,10,14H,1,3-4,9H2,2H3,(H,19,20,22)/t14-/m0/s1. The van der Waals surface area contributed by atoms with Gasteiger partial charge in [-0.25, -0.2) is 0 Å². The molecular formula is C17H18ClN3O2. The number of hydrogen-bond donors (Lipinski definition) is 1. The second-order valence-corrected chi connectivity index (χ2v) is 6.11. The molecule has 1 N–H and O–H groups in total. The number of nitrogens with one attached hydrogen (secondary N) is 1. The molecule has 0 unspecified atom stereocenters. The maximum atomic E-state index is 12.6. The Balaban J connectivity index is 1.72. The fourth-order valence-electron chi connectivity index (χ4n) is 2.73. The third kappa shape index (κ3) is 3.40. The van der Waals surface area contributed by atoms with E-state index >= 15 is 0 Å². The van der Waals surface area contributed by atoms with E-state index in [0.717, 1.165) is 30.6 Å². The predicted molar refractivity (Wildman–Crippen MR) is 91.7 cm³/mol. The van der Waals surface area contributed by atoms with E-state index < -0.39 is 0 Å². The van der Waals surface area contributed by atoms with E-state index in [9.17, 15) is 4.79 Å². The van der Waals surface area contributed by atoms with Crippen LogP contribution in [0, 0.1) is 0 Å². The van der Waals surface area contributed by atoms with Crippen LogP contribution < -0.4 is 10.2 Å². The smallest absolute Gasteiger partial charge is 0.248 e. The van der Waals surface area contributed by atoms with E-state index in [2.05, 4.69) is 22.0 Å². The highest BCUT2D eigenvalue weighted by Crippen LogP contribution is 2.27. The fourth-order valence-corrected chi connectivity index (χ4v) is 2.85. The molecule has 3 rings (SSSR count). The van der Waals surface area contributed by atoms with Crippen molar-refractivity contribution in [3.8, 4) is 0 Å². The molecule has 0 radical (unpaired) electrons. The van der Waals surface area contributed by atoms with Crippen LogP contribution in [0.5, 0.6) is 0 Å². The lowest BCUT2D eigenvalue weighted by Crippen LogP contribution is -2.39. The van der Waals surface area contributed by atoms with Crippen molar-refractivity contribution in [3.63, 3.8) is 0 Å². The Kier molecular flexibility index (Phi) is 4.39. The zero-order chi connectivity index (χ0) is 16.4. The molecule has 6 heteroatoms. The van der Waals surface area contributed by atoms with Crippen molar-refractivity contribution in [1.82, 2.24) is 5.16 Å². The molecular weight excluding hydrogens is 314 g/mol. The summed E-state index contributed by atoms with van der Waals surface area (Å²) in [4.78, 5) is 14.7. The SMILES string of the molecule is C=C(C)c1cc(NC(=O)[C@@H]2CCCN2c2ccc(Cl)cc2)no1. The van der Waals surface area contributed by atoms with Crippen LogP contribution >= 0.6 is 11.6 Å². The molecule has 5 nitrogen and oxygen atoms in total. The Labute approximate surface area is 139 Å². The van der Waals surface area contributed by atoms with Gasteiger partial charge >= 0.3 is 0 Å². The van der Waals surface area contributed by atoms with Crippen molar-refractivity contribution in [2.24, 2.45) is 0 Å². The van der Waals surface area contributed by atoms with E-state index in [-0.39, 0.29) is 11.9 Å². The summed E-state index contributed by atoms with van der Waals surface area (Å²) in [5.41, 5.74) is 1.76. The molecule has 1 aliphatic rings. The molecule has 0 spiro atoms. The second-order valence-electron chi connectivity index (χ2n) is 5.67. The number of benzene rings is 1. The first-order valence-electron chi connectivity index (χ1n) is 7.50. The van der Waals surface area contributed by atoms with Crippen LogP contribution in [-0.2, 0) is 4.79 Å². The van der Waals surface area contributed by atoms with E-state index in [1.807, 2.05) is 31.2 Å². The summed E-state index contributed by atoms with van der Waals surface area (Å²) < 4.78 is 5.12. The first kappa shape index (κ1) is 15.6. The Morgan fingerprint density at radius 3 is 2.83 bits per heavy atom. The normalized spacial score (nSPS) is 17.3. The number of carbonyl (C=O) groups is 1. The minimum atomic E-state index is -0.221. The van der Waals surface area contributed by atoms with Crippen LogP contribution in [0.2, 0.25) is 5.02 Å². The van der Waals surface area contributed by atoms with Crippen LogP contribution in [0.1, 0.15) is 25.5 Å². The van der Waals surface area contributed by atoms with Gasteiger partial charge in [-0.1, -0.05) is 23.3 Å². The summed E-state index contributed by atoms with van der Waals surface area (Å²) in [6.45, 7) is 6.46. The molecule has 1 aliphatic heterocycles. The van der Waals surface area contributed by atoms with Gasteiger partial charge in [0.2, 0.25) is 5.91 Å². The number of amides is 1. The van der Waals surface area contributed by atoms with Gasteiger partial charge < -0.3 is 14.7 Å². The lowest BCUT2D eigenvalue weighted by Gasteiger charge is -2.25. The van der Waals surface area contributed by atoms with Crippen LogP contribution in [-0.4, -0.2) is 23.7 Å². The maximum absolute atomic E-state index is 12.6. The zero-order valence-electron chi connectivity index (χ0n) is 12.9. The summed E-state index contributed by atoms with van der Waals surface area (Å²) in [7, 11) is 0. The van der Waals surface area contributed by atoms with Crippen molar-refractivity contribution in [2.75, 3.05) is 16.8 Å².